The van der Waals surface area contributed by atoms with E-state index in [-0.39, 0.29) is 18.0 Å². The van der Waals surface area contributed by atoms with Gasteiger partial charge in [-0.1, -0.05) is 48.3 Å². The summed E-state index contributed by atoms with van der Waals surface area (Å²) in [7, 11) is 0. The predicted octanol–water partition coefficient (Wildman–Crippen LogP) is 5.56. The number of thioether (sulfide) groups is 1. The molecule has 2 aliphatic rings. The number of fused-ring (bicyclic) bond motifs is 1. The molecule has 3 aromatic rings. The maximum atomic E-state index is 12.9. The highest BCUT2D eigenvalue weighted by Gasteiger charge is 2.28. The molecular formula is C23H23ClN4O3S. The number of hydrogen-bond donors (Lipinski definition) is 1. The Balaban J connectivity index is 1.37. The lowest BCUT2D eigenvalue weighted by atomic mass is 10.2. The second-order valence-electron chi connectivity index (χ2n) is 7.91. The Morgan fingerprint density at radius 3 is 2.75 bits per heavy atom. The number of anilines is 1. The van der Waals surface area contributed by atoms with Crippen molar-refractivity contribution in [3.05, 3.63) is 47.5 Å². The van der Waals surface area contributed by atoms with Crippen LogP contribution in [0.4, 0.5) is 5.69 Å². The van der Waals surface area contributed by atoms with Crippen LogP contribution in [0.15, 0.2) is 47.6 Å². The average molecular weight is 471 g/mol. The van der Waals surface area contributed by atoms with E-state index >= 15 is 0 Å². The molecule has 1 fully saturated rings. The van der Waals surface area contributed by atoms with Crippen LogP contribution in [0.1, 0.15) is 38.6 Å². The second-order valence-corrected chi connectivity index (χ2v) is 9.63. The molecule has 32 heavy (non-hydrogen) atoms. The van der Waals surface area contributed by atoms with E-state index in [0.717, 1.165) is 29.4 Å². The van der Waals surface area contributed by atoms with Crippen LogP contribution >= 0.6 is 23.4 Å². The van der Waals surface area contributed by atoms with Crippen molar-refractivity contribution in [3.63, 3.8) is 0 Å². The van der Waals surface area contributed by atoms with E-state index in [9.17, 15) is 4.79 Å². The van der Waals surface area contributed by atoms with E-state index in [2.05, 4.69) is 20.1 Å². The minimum atomic E-state index is -0.371. The fourth-order valence-corrected chi connectivity index (χ4v) is 5.24. The molecule has 7 nitrogen and oxygen atoms in total. The van der Waals surface area contributed by atoms with Crippen LogP contribution in [-0.4, -0.2) is 32.7 Å². The summed E-state index contributed by atoms with van der Waals surface area (Å²) in [5.74, 6) is 1.96. The number of halogens is 1. The summed E-state index contributed by atoms with van der Waals surface area (Å²) >= 11 is 7.87. The quantitative estimate of drug-likeness (QED) is 0.475. The summed E-state index contributed by atoms with van der Waals surface area (Å²) in [6.45, 7) is 2.07. The molecule has 1 atom stereocenters. The topological polar surface area (TPSA) is 78.3 Å². The molecule has 1 amide bonds. The minimum Gasteiger partial charge on any atom is -0.454 e. The molecule has 0 saturated heterocycles. The summed E-state index contributed by atoms with van der Waals surface area (Å²) in [6, 6.07) is 13.4. The number of amides is 1. The molecule has 0 bridgehead atoms. The van der Waals surface area contributed by atoms with Gasteiger partial charge in [0.05, 0.1) is 10.3 Å². The number of benzene rings is 2. The third-order valence-electron chi connectivity index (χ3n) is 5.76. The molecule has 1 aromatic heterocycles. The van der Waals surface area contributed by atoms with E-state index in [1.54, 1.807) is 18.2 Å². The van der Waals surface area contributed by atoms with Gasteiger partial charge in [0.1, 0.15) is 0 Å². The monoisotopic (exact) mass is 470 g/mol. The van der Waals surface area contributed by atoms with E-state index < -0.39 is 0 Å². The van der Waals surface area contributed by atoms with Gasteiger partial charge in [-0.2, -0.15) is 0 Å². The lowest BCUT2D eigenvalue weighted by molar-refractivity contribution is -0.115. The van der Waals surface area contributed by atoms with E-state index in [4.69, 9.17) is 21.1 Å². The summed E-state index contributed by atoms with van der Waals surface area (Å²) < 4.78 is 12.9. The first-order valence-corrected chi connectivity index (χ1v) is 11.9. The fraction of sp³-hybridized carbons (Fsp3) is 0.348. The van der Waals surface area contributed by atoms with Crippen LogP contribution < -0.4 is 14.8 Å². The molecule has 1 aliphatic heterocycles. The van der Waals surface area contributed by atoms with Gasteiger partial charge >= 0.3 is 0 Å². The van der Waals surface area contributed by atoms with E-state index in [1.807, 2.05) is 31.2 Å². The number of rotatable bonds is 6. The van der Waals surface area contributed by atoms with Crippen molar-refractivity contribution in [1.29, 1.82) is 0 Å². The van der Waals surface area contributed by atoms with Gasteiger partial charge in [0.2, 0.25) is 12.7 Å². The van der Waals surface area contributed by atoms with Crippen molar-refractivity contribution in [1.82, 2.24) is 14.8 Å². The largest absolute Gasteiger partial charge is 0.454 e. The first-order chi connectivity index (χ1) is 15.6. The number of nitrogens with one attached hydrogen (secondary N) is 1. The molecule has 166 valence electrons. The molecule has 0 radical (unpaired) electrons. The third kappa shape index (κ3) is 4.17. The molecular weight excluding hydrogens is 448 g/mol. The van der Waals surface area contributed by atoms with Crippen molar-refractivity contribution in [2.75, 3.05) is 12.1 Å². The van der Waals surface area contributed by atoms with Gasteiger partial charge in [0, 0.05) is 23.4 Å². The fourth-order valence-electron chi connectivity index (χ4n) is 4.11. The Kier molecular flexibility index (Phi) is 5.97. The van der Waals surface area contributed by atoms with Gasteiger partial charge in [-0.25, -0.2) is 0 Å². The lowest BCUT2D eigenvalue weighted by Crippen LogP contribution is -2.23. The normalized spacial score (nSPS) is 16.3. The maximum absolute atomic E-state index is 12.9. The Morgan fingerprint density at radius 2 is 1.94 bits per heavy atom. The highest BCUT2D eigenvalue weighted by molar-refractivity contribution is 8.00. The molecule has 0 unspecified atom stereocenters. The van der Waals surface area contributed by atoms with Crippen LogP contribution in [-0.2, 0) is 4.79 Å². The van der Waals surface area contributed by atoms with Crippen LogP contribution in [0, 0.1) is 0 Å². The zero-order chi connectivity index (χ0) is 22.1. The van der Waals surface area contributed by atoms with Crippen LogP contribution in [0.3, 0.4) is 0 Å². The van der Waals surface area contributed by atoms with Gasteiger partial charge in [-0.15, -0.1) is 10.2 Å². The van der Waals surface area contributed by atoms with Gasteiger partial charge < -0.3 is 14.8 Å². The number of ether oxygens (including phenoxy) is 2. The molecule has 1 saturated carbocycles. The summed E-state index contributed by atoms with van der Waals surface area (Å²) in [4.78, 5) is 12.9. The predicted molar refractivity (Wildman–Crippen MR) is 124 cm³/mol. The number of hydrogen-bond acceptors (Lipinski definition) is 6. The van der Waals surface area contributed by atoms with Crippen molar-refractivity contribution >= 4 is 35.0 Å². The first kappa shape index (κ1) is 21.2. The number of nitrogens with zero attached hydrogens (tertiary/aromatic N) is 3. The number of carbonyl (C=O) groups is 1. The SMILES string of the molecule is C[C@H](Sc1nnc(-c2ccccc2Cl)n1C1CCCC1)C(=O)Nc1ccc2c(c1)OCO2. The Bertz CT molecular complexity index is 1150. The Hall–Kier alpha value is -2.71. The molecule has 2 aromatic carbocycles. The van der Waals surface area contributed by atoms with Gasteiger partial charge in [-0.05, 0) is 44.0 Å². The van der Waals surface area contributed by atoms with E-state index in [0.29, 0.717) is 28.3 Å². The van der Waals surface area contributed by atoms with Crippen LogP contribution in [0.5, 0.6) is 11.5 Å². The molecule has 0 spiro atoms. The van der Waals surface area contributed by atoms with Gasteiger partial charge in [0.15, 0.2) is 22.5 Å². The zero-order valence-corrected chi connectivity index (χ0v) is 19.2. The first-order valence-electron chi connectivity index (χ1n) is 10.7. The molecule has 9 heteroatoms. The smallest absolute Gasteiger partial charge is 0.237 e. The van der Waals surface area contributed by atoms with Crippen molar-refractivity contribution in [2.45, 2.75) is 49.1 Å². The third-order valence-corrected chi connectivity index (χ3v) is 7.15. The Morgan fingerprint density at radius 1 is 1.16 bits per heavy atom. The summed E-state index contributed by atoms with van der Waals surface area (Å²) in [5, 5.41) is 12.9. The standard InChI is InChI=1S/C23H23ClN4O3S/c1-14(22(29)25-15-10-11-19-20(12-15)31-13-30-19)32-23-27-26-21(17-8-4-5-9-18(17)24)28(23)16-6-2-3-7-16/h4-5,8-12,14,16H,2-3,6-7,13H2,1H3,(H,25,29)/t14-/m0/s1. The van der Waals surface area contributed by atoms with Crippen LogP contribution in [0.2, 0.25) is 5.02 Å². The maximum Gasteiger partial charge on any atom is 0.237 e. The molecule has 1 aliphatic carbocycles. The van der Waals surface area contributed by atoms with Crippen molar-refractivity contribution in [3.8, 4) is 22.9 Å². The Labute approximate surface area is 195 Å². The van der Waals surface area contributed by atoms with E-state index in [1.165, 1.54) is 24.6 Å². The van der Waals surface area contributed by atoms with Crippen molar-refractivity contribution < 1.29 is 14.3 Å². The minimum absolute atomic E-state index is 0.117. The molecule has 5 rings (SSSR count). The number of carbonyl (C=O) groups excluding carboxylic acids is 1. The van der Waals surface area contributed by atoms with Crippen molar-refractivity contribution in [2.24, 2.45) is 0 Å². The van der Waals surface area contributed by atoms with Gasteiger partial charge in [-0.3, -0.25) is 9.36 Å². The number of aromatic nitrogens is 3. The zero-order valence-electron chi connectivity index (χ0n) is 17.6. The van der Waals surface area contributed by atoms with Crippen LogP contribution in [0.25, 0.3) is 11.4 Å². The second kappa shape index (κ2) is 9.03. The van der Waals surface area contributed by atoms with Gasteiger partial charge in [0.25, 0.3) is 0 Å². The average Bonchev–Trinajstić information content (AvgIpc) is 3.54. The summed E-state index contributed by atoms with van der Waals surface area (Å²) in [5.41, 5.74) is 1.53. The summed E-state index contributed by atoms with van der Waals surface area (Å²) in [6.07, 6.45) is 4.49. The highest BCUT2D eigenvalue weighted by Crippen LogP contribution is 2.39. The highest BCUT2D eigenvalue weighted by atomic mass is 35.5. The lowest BCUT2D eigenvalue weighted by Gasteiger charge is -2.19. The molecule has 2 heterocycles. The molecule has 1 N–H and O–H groups in total.